The summed E-state index contributed by atoms with van der Waals surface area (Å²) < 4.78 is 0. The minimum atomic E-state index is -0.327. The summed E-state index contributed by atoms with van der Waals surface area (Å²) in [5.41, 5.74) is 5.87. The van der Waals surface area contributed by atoms with Crippen LogP contribution in [0.1, 0.15) is 33.6 Å². The zero-order chi connectivity index (χ0) is 11.8. The van der Waals surface area contributed by atoms with Crippen molar-refractivity contribution in [2.24, 2.45) is 5.73 Å². The molecule has 0 aromatic carbocycles. The van der Waals surface area contributed by atoms with Crippen LogP contribution in [0.4, 0.5) is 0 Å². The second kappa shape index (κ2) is 7.99. The highest BCUT2D eigenvalue weighted by atomic mass is 32.2. The second-order valence-corrected chi connectivity index (χ2v) is 5.00. The molecule has 3 nitrogen and oxygen atoms in total. The van der Waals surface area contributed by atoms with Crippen molar-refractivity contribution in [3.05, 3.63) is 0 Å². The van der Waals surface area contributed by atoms with Gasteiger partial charge in [0.2, 0.25) is 5.91 Å². The standard InChI is InChI=1S/C11H24N2OS/c1-5-7-13(9(2)3)11(14)10(12)6-8-15-4/h9-10H,5-8,12H2,1-4H3/t10-/m1/s1. The van der Waals surface area contributed by atoms with Crippen LogP contribution in [0.15, 0.2) is 0 Å². The van der Waals surface area contributed by atoms with Gasteiger partial charge in [0.25, 0.3) is 0 Å². The van der Waals surface area contributed by atoms with Crippen molar-refractivity contribution in [1.29, 1.82) is 0 Å². The lowest BCUT2D eigenvalue weighted by atomic mass is 10.1. The molecule has 0 aliphatic heterocycles. The monoisotopic (exact) mass is 232 g/mol. The quantitative estimate of drug-likeness (QED) is 0.727. The Balaban J connectivity index is 4.22. The largest absolute Gasteiger partial charge is 0.339 e. The van der Waals surface area contributed by atoms with Crippen LogP contribution in [-0.2, 0) is 4.79 Å². The molecule has 2 N–H and O–H groups in total. The van der Waals surface area contributed by atoms with Gasteiger partial charge in [-0.2, -0.15) is 11.8 Å². The van der Waals surface area contributed by atoms with Gasteiger partial charge < -0.3 is 10.6 Å². The molecule has 0 aromatic heterocycles. The van der Waals surface area contributed by atoms with Crippen LogP contribution in [0, 0.1) is 0 Å². The molecule has 1 amide bonds. The lowest BCUT2D eigenvalue weighted by Gasteiger charge is -2.29. The topological polar surface area (TPSA) is 46.3 Å². The average Bonchev–Trinajstić information content (AvgIpc) is 2.21. The molecular formula is C11H24N2OS. The first-order valence-corrected chi connectivity index (χ1v) is 6.98. The molecule has 4 heteroatoms. The molecule has 0 aliphatic rings. The van der Waals surface area contributed by atoms with E-state index < -0.39 is 0 Å². The fraction of sp³-hybridized carbons (Fsp3) is 0.909. The van der Waals surface area contributed by atoms with Crippen molar-refractivity contribution in [3.63, 3.8) is 0 Å². The van der Waals surface area contributed by atoms with Gasteiger partial charge in [0.05, 0.1) is 6.04 Å². The maximum absolute atomic E-state index is 12.0. The first-order chi connectivity index (χ1) is 7.04. The molecule has 0 rings (SSSR count). The normalized spacial score (nSPS) is 12.9. The Morgan fingerprint density at radius 3 is 2.47 bits per heavy atom. The molecule has 0 unspecified atom stereocenters. The number of thioether (sulfide) groups is 1. The summed E-state index contributed by atoms with van der Waals surface area (Å²) in [6.45, 7) is 6.96. The van der Waals surface area contributed by atoms with Gasteiger partial charge in [0, 0.05) is 12.6 Å². The number of carbonyl (C=O) groups is 1. The third-order valence-corrected chi connectivity index (χ3v) is 2.97. The van der Waals surface area contributed by atoms with Crippen molar-refractivity contribution in [3.8, 4) is 0 Å². The molecule has 0 aliphatic carbocycles. The lowest BCUT2D eigenvalue weighted by Crippen LogP contribution is -2.47. The number of nitrogens with zero attached hydrogens (tertiary/aromatic N) is 1. The first kappa shape index (κ1) is 14.8. The molecule has 0 spiro atoms. The van der Waals surface area contributed by atoms with E-state index in [0.29, 0.717) is 0 Å². The van der Waals surface area contributed by atoms with Gasteiger partial charge in [-0.3, -0.25) is 4.79 Å². The Morgan fingerprint density at radius 1 is 1.47 bits per heavy atom. The number of hydrogen-bond acceptors (Lipinski definition) is 3. The zero-order valence-electron chi connectivity index (χ0n) is 10.3. The number of nitrogens with two attached hydrogens (primary N) is 1. The van der Waals surface area contributed by atoms with Gasteiger partial charge in [-0.05, 0) is 38.7 Å². The molecule has 0 saturated carbocycles. The van der Waals surface area contributed by atoms with Gasteiger partial charge in [-0.25, -0.2) is 0 Å². The number of amides is 1. The van der Waals surface area contributed by atoms with Crippen LogP contribution in [0.5, 0.6) is 0 Å². The van der Waals surface area contributed by atoms with Gasteiger partial charge in [-0.15, -0.1) is 0 Å². The van der Waals surface area contributed by atoms with Gasteiger partial charge >= 0.3 is 0 Å². The van der Waals surface area contributed by atoms with Crippen LogP contribution in [-0.4, -0.2) is 41.4 Å². The van der Waals surface area contributed by atoms with E-state index in [4.69, 9.17) is 5.73 Å². The van der Waals surface area contributed by atoms with Crippen LogP contribution in [0.3, 0.4) is 0 Å². The fourth-order valence-corrected chi connectivity index (χ4v) is 1.93. The predicted molar refractivity (Wildman–Crippen MR) is 68.1 cm³/mol. The van der Waals surface area contributed by atoms with E-state index in [9.17, 15) is 4.79 Å². The molecule has 0 bridgehead atoms. The second-order valence-electron chi connectivity index (χ2n) is 4.01. The summed E-state index contributed by atoms with van der Waals surface area (Å²) >= 11 is 1.73. The van der Waals surface area contributed by atoms with E-state index in [2.05, 4.69) is 6.92 Å². The molecule has 0 heterocycles. The predicted octanol–water partition coefficient (Wildman–Crippen LogP) is 1.71. The Morgan fingerprint density at radius 2 is 2.07 bits per heavy atom. The fourth-order valence-electron chi connectivity index (χ4n) is 1.45. The molecule has 90 valence electrons. The smallest absolute Gasteiger partial charge is 0.239 e. The van der Waals surface area contributed by atoms with Gasteiger partial charge in [-0.1, -0.05) is 6.92 Å². The van der Waals surface area contributed by atoms with Crippen molar-refractivity contribution in [1.82, 2.24) is 4.90 Å². The van der Waals surface area contributed by atoms with E-state index in [1.807, 2.05) is 25.0 Å². The van der Waals surface area contributed by atoms with Crippen molar-refractivity contribution < 1.29 is 4.79 Å². The van der Waals surface area contributed by atoms with E-state index >= 15 is 0 Å². The van der Waals surface area contributed by atoms with Crippen LogP contribution < -0.4 is 5.73 Å². The summed E-state index contributed by atoms with van der Waals surface area (Å²) in [5.74, 6) is 1.05. The molecular weight excluding hydrogens is 208 g/mol. The summed E-state index contributed by atoms with van der Waals surface area (Å²) in [6, 6.07) is -0.0795. The van der Waals surface area contributed by atoms with Crippen LogP contribution >= 0.6 is 11.8 Å². The highest BCUT2D eigenvalue weighted by molar-refractivity contribution is 7.98. The van der Waals surface area contributed by atoms with E-state index in [1.165, 1.54) is 0 Å². The van der Waals surface area contributed by atoms with Crippen molar-refractivity contribution in [2.75, 3.05) is 18.6 Å². The SMILES string of the molecule is CCCN(C(=O)[C@H](N)CCSC)C(C)C. The number of rotatable bonds is 7. The summed E-state index contributed by atoms with van der Waals surface area (Å²) in [4.78, 5) is 13.9. The maximum Gasteiger partial charge on any atom is 0.239 e. The number of hydrogen-bond donors (Lipinski definition) is 1. The Kier molecular flexibility index (Phi) is 7.88. The first-order valence-electron chi connectivity index (χ1n) is 5.59. The highest BCUT2D eigenvalue weighted by Crippen LogP contribution is 2.06. The average molecular weight is 232 g/mol. The van der Waals surface area contributed by atoms with E-state index in [0.717, 1.165) is 25.1 Å². The van der Waals surface area contributed by atoms with Gasteiger partial charge in [0.1, 0.15) is 0 Å². The van der Waals surface area contributed by atoms with E-state index in [1.54, 1.807) is 11.8 Å². The third kappa shape index (κ3) is 5.42. The minimum Gasteiger partial charge on any atom is -0.339 e. The van der Waals surface area contributed by atoms with Crippen molar-refractivity contribution in [2.45, 2.75) is 45.7 Å². The van der Waals surface area contributed by atoms with E-state index in [-0.39, 0.29) is 18.0 Å². The molecule has 1 atom stereocenters. The van der Waals surface area contributed by atoms with Crippen molar-refractivity contribution >= 4 is 17.7 Å². The zero-order valence-corrected chi connectivity index (χ0v) is 11.1. The molecule has 0 fully saturated rings. The Hall–Kier alpha value is -0.220. The van der Waals surface area contributed by atoms with Crippen LogP contribution in [0.25, 0.3) is 0 Å². The summed E-state index contributed by atoms with van der Waals surface area (Å²) in [6.07, 6.45) is 3.79. The number of carbonyl (C=O) groups excluding carboxylic acids is 1. The molecule has 15 heavy (non-hydrogen) atoms. The highest BCUT2D eigenvalue weighted by Gasteiger charge is 2.21. The maximum atomic E-state index is 12.0. The van der Waals surface area contributed by atoms with Gasteiger partial charge in [0.15, 0.2) is 0 Å². The summed E-state index contributed by atoms with van der Waals surface area (Å²) in [5, 5.41) is 0. The lowest BCUT2D eigenvalue weighted by molar-refractivity contribution is -0.134. The molecule has 0 radical (unpaired) electrons. The molecule has 0 saturated heterocycles. The van der Waals surface area contributed by atoms with Crippen LogP contribution in [0.2, 0.25) is 0 Å². The minimum absolute atomic E-state index is 0.0981. The Bertz CT molecular complexity index is 185. The Labute approximate surface area is 97.8 Å². The third-order valence-electron chi connectivity index (χ3n) is 2.32. The summed E-state index contributed by atoms with van der Waals surface area (Å²) in [7, 11) is 0. The molecule has 0 aromatic rings.